The second kappa shape index (κ2) is 5.72. The molecule has 0 unspecified atom stereocenters. The van der Waals surface area contributed by atoms with Gasteiger partial charge in [-0.1, -0.05) is 6.07 Å². The van der Waals surface area contributed by atoms with E-state index in [1.807, 2.05) is 12.1 Å². The minimum atomic E-state index is -3.70. The Morgan fingerprint density at radius 2 is 2.04 bits per heavy atom. The van der Waals surface area contributed by atoms with Crippen molar-refractivity contribution in [1.29, 1.82) is 0 Å². The molecule has 1 spiro atoms. The van der Waals surface area contributed by atoms with E-state index in [2.05, 4.69) is 10.3 Å². The summed E-state index contributed by atoms with van der Waals surface area (Å²) in [5.74, 6) is -0.701. The van der Waals surface area contributed by atoms with Crippen molar-refractivity contribution in [2.24, 2.45) is 5.41 Å². The zero-order valence-electron chi connectivity index (χ0n) is 13.1. The fourth-order valence-electron chi connectivity index (χ4n) is 3.29. The minimum absolute atomic E-state index is 0.0454. The van der Waals surface area contributed by atoms with Crippen LogP contribution in [0.5, 0.6) is 0 Å². The molecule has 0 saturated carbocycles. The van der Waals surface area contributed by atoms with Gasteiger partial charge in [-0.2, -0.15) is 4.31 Å². The third-order valence-corrected chi connectivity index (χ3v) is 8.07. The van der Waals surface area contributed by atoms with E-state index in [4.69, 9.17) is 0 Å². The summed E-state index contributed by atoms with van der Waals surface area (Å²) < 4.78 is 27.3. The summed E-state index contributed by atoms with van der Waals surface area (Å²) in [5.41, 5.74) is -0.196. The van der Waals surface area contributed by atoms with E-state index in [0.29, 0.717) is 12.1 Å². The highest BCUT2D eigenvalue weighted by Crippen LogP contribution is 2.41. The Bertz CT molecular complexity index is 955. The van der Waals surface area contributed by atoms with Crippen LogP contribution in [0, 0.1) is 5.41 Å². The van der Waals surface area contributed by atoms with Crippen molar-refractivity contribution in [2.75, 3.05) is 13.1 Å². The van der Waals surface area contributed by atoms with E-state index in [1.54, 1.807) is 24.4 Å². The third-order valence-electron chi connectivity index (χ3n) is 4.65. The van der Waals surface area contributed by atoms with Crippen molar-refractivity contribution in [2.45, 2.75) is 17.1 Å². The predicted octanol–water partition coefficient (Wildman–Crippen LogP) is 1.24. The number of imide groups is 1. The van der Waals surface area contributed by atoms with Crippen LogP contribution in [0.25, 0.3) is 10.6 Å². The van der Waals surface area contributed by atoms with Crippen LogP contribution >= 0.6 is 11.3 Å². The number of sulfonamides is 1. The van der Waals surface area contributed by atoms with E-state index in [0.717, 1.165) is 16.2 Å². The molecular weight excluding hydrogens is 362 g/mol. The topological polar surface area (TPSA) is 96.4 Å². The standard InChI is InChI=1S/C16H15N3O4S2/c20-13-9-16(15(21)18-13)6-8-19(10-16)25(22,23)14-5-4-12(24-14)11-3-1-2-7-17-11/h1-5,7H,6,8-10H2,(H,18,20,21)/t16-/m1/s1. The van der Waals surface area contributed by atoms with E-state index >= 15 is 0 Å². The van der Waals surface area contributed by atoms with Crippen LogP contribution < -0.4 is 5.32 Å². The van der Waals surface area contributed by atoms with Gasteiger partial charge in [-0.3, -0.25) is 19.9 Å². The second-order valence-electron chi connectivity index (χ2n) is 6.26. The number of aromatic nitrogens is 1. The lowest BCUT2D eigenvalue weighted by atomic mass is 9.86. The highest BCUT2D eigenvalue weighted by atomic mass is 32.2. The van der Waals surface area contributed by atoms with Crippen LogP contribution in [0.15, 0.2) is 40.7 Å². The van der Waals surface area contributed by atoms with Crippen molar-refractivity contribution in [1.82, 2.24) is 14.6 Å². The van der Waals surface area contributed by atoms with E-state index in [-0.39, 0.29) is 35.5 Å². The van der Waals surface area contributed by atoms with Crippen LogP contribution in [-0.2, 0) is 19.6 Å². The van der Waals surface area contributed by atoms with Crippen molar-refractivity contribution in [3.63, 3.8) is 0 Å². The van der Waals surface area contributed by atoms with Gasteiger partial charge >= 0.3 is 0 Å². The van der Waals surface area contributed by atoms with Crippen LogP contribution in [0.3, 0.4) is 0 Å². The maximum absolute atomic E-state index is 12.9. The number of carbonyl (C=O) groups excluding carboxylic acids is 2. The Morgan fingerprint density at radius 1 is 1.20 bits per heavy atom. The van der Waals surface area contributed by atoms with Crippen molar-refractivity contribution < 1.29 is 18.0 Å². The molecule has 2 aliphatic heterocycles. The summed E-state index contributed by atoms with van der Waals surface area (Å²) in [6, 6.07) is 8.76. The van der Waals surface area contributed by atoms with Gasteiger partial charge in [0.2, 0.25) is 11.8 Å². The lowest BCUT2D eigenvalue weighted by Crippen LogP contribution is -2.36. The molecule has 4 heterocycles. The first-order valence-electron chi connectivity index (χ1n) is 7.76. The molecule has 2 aromatic heterocycles. The molecule has 9 heteroatoms. The van der Waals surface area contributed by atoms with Crippen LogP contribution in [0.2, 0.25) is 0 Å². The lowest BCUT2D eigenvalue weighted by Gasteiger charge is -2.19. The van der Waals surface area contributed by atoms with Crippen LogP contribution in [0.1, 0.15) is 12.8 Å². The number of hydrogen-bond acceptors (Lipinski definition) is 6. The Balaban J connectivity index is 1.60. The van der Waals surface area contributed by atoms with Gasteiger partial charge in [0, 0.05) is 25.7 Å². The van der Waals surface area contributed by atoms with E-state index in [1.165, 1.54) is 4.31 Å². The maximum atomic E-state index is 12.9. The van der Waals surface area contributed by atoms with Crippen molar-refractivity contribution >= 4 is 33.2 Å². The lowest BCUT2D eigenvalue weighted by molar-refractivity contribution is -0.128. The molecule has 2 aliphatic rings. The fraction of sp³-hybridized carbons (Fsp3) is 0.312. The van der Waals surface area contributed by atoms with Crippen LogP contribution in [-0.4, -0.2) is 42.6 Å². The Kier molecular flexibility index (Phi) is 3.75. The SMILES string of the molecule is O=C1C[C@@]2(CCN(S(=O)(=O)c3ccc(-c4ccccn4)s3)C2)C(=O)N1. The van der Waals surface area contributed by atoms with Gasteiger partial charge < -0.3 is 0 Å². The number of amides is 2. The molecule has 1 atom stereocenters. The van der Waals surface area contributed by atoms with Crippen molar-refractivity contribution in [3.05, 3.63) is 36.5 Å². The summed E-state index contributed by atoms with van der Waals surface area (Å²) in [4.78, 5) is 28.5. The zero-order chi connectivity index (χ0) is 17.7. The highest BCUT2D eigenvalue weighted by Gasteiger charge is 2.53. The molecule has 1 N–H and O–H groups in total. The zero-order valence-corrected chi connectivity index (χ0v) is 14.8. The molecule has 2 fully saturated rings. The molecule has 0 aliphatic carbocycles. The quantitative estimate of drug-likeness (QED) is 0.812. The second-order valence-corrected chi connectivity index (χ2v) is 9.51. The van der Waals surface area contributed by atoms with Gasteiger partial charge in [0.1, 0.15) is 4.21 Å². The number of thiophene rings is 1. The van der Waals surface area contributed by atoms with Gasteiger partial charge in [0.25, 0.3) is 10.0 Å². The molecule has 130 valence electrons. The summed E-state index contributed by atoms with van der Waals surface area (Å²) in [7, 11) is -3.70. The number of rotatable bonds is 3. The molecule has 2 amide bonds. The Hall–Kier alpha value is -2.10. The van der Waals surface area contributed by atoms with Gasteiger partial charge in [-0.05, 0) is 30.7 Å². The third kappa shape index (κ3) is 2.68. The number of pyridine rings is 1. The smallest absolute Gasteiger partial charge is 0.252 e. The Morgan fingerprint density at radius 3 is 2.72 bits per heavy atom. The predicted molar refractivity (Wildman–Crippen MR) is 91.1 cm³/mol. The van der Waals surface area contributed by atoms with Gasteiger partial charge in [-0.15, -0.1) is 11.3 Å². The minimum Gasteiger partial charge on any atom is -0.296 e. The van der Waals surface area contributed by atoms with Crippen LogP contribution in [0.4, 0.5) is 0 Å². The largest absolute Gasteiger partial charge is 0.296 e. The summed E-state index contributed by atoms with van der Waals surface area (Å²) in [6.45, 7) is 0.281. The summed E-state index contributed by atoms with van der Waals surface area (Å²) in [5, 5.41) is 2.28. The molecular formula is C16H15N3O4S2. The fourth-order valence-corrected chi connectivity index (χ4v) is 6.26. The molecule has 25 heavy (non-hydrogen) atoms. The van der Waals surface area contributed by atoms with Gasteiger partial charge in [0.15, 0.2) is 0 Å². The first kappa shape index (κ1) is 16.4. The van der Waals surface area contributed by atoms with E-state index in [9.17, 15) is 18.0 Å². The first-order valence-corrected chi connectivity index (χ1v) is 10.0. The number of carbonyl (C=O) groups is 2. The average Bonchev–Trinajstić information content (AvgIpc) is 3.29. The summed E-state index contributed by atoms with van der Waals surface area (Å²) in [6.07, 6.45) is 2.08. The molecule has 0 radical (unpaired) electrons. The number of hydrogen-bond donors (Lipinski definition) is 1. The number of nitrogens with one attached hydrogen (secondary N) is 1. The summed E-state index contributed by atoms with van der Waals surface area (Å²) >= 11 is 1.15. The molecule has 2 aromatic rings. The molecule has 7 nitrogen and oxygen atoms in total. The molecule has 2 saturated heterocycles. The van der Waals surface area contributed by atoms with Crippen molar-refractivity contribution in [3.8, 4) is 10.6 Å². The monoisotopic (exact) mass is 377 g/mol. The number of nitrogens with zero attached hydrogens (tertiary/aromatic N) is 2. The Labute approximate surface area is 148 Å². The normalized spacial score (nSPS) is 24.2. The highest BCUT2D eigenvalue weighted by molar-refractivity contribution is 7.91. The van der Waals surface area contributed by atoms with Gasteiger partial charge in [-0.25, -0.2) is 8.42 Å². The molecule has 0 bridgehead atoms. The van der Waals surface area contributed by atoms with Gasteiger partial charge in [0.05, 0.1) is 16.0 Å². The molecule has 0 aromatic carbocycles. The average molecular weight is 377 g/mol. The first-order chi connectivity index (χ1) is 11.9. The molecule has 4 rings (SSSR count). The maximum Gasteiger partial charge on any atom is 0.252 e. The van der Waals surface area contributed by atoms with E-state index < -0.39 is 15.4 Å².